The van der Waals surface area contributed by atoms with Crippen molar-refractivity contribution in [3.8, 4) is 0 Å². The summed E-state index contributed by atoms with van der Waals surface area (Å²) in [5.74, 6) is -0.333. The van der Waals surface area contributed by atoms with E-state index in [1.165, 1.54) is 23.5 Å². The van der Waals surface area contributed by atoms with E-state index in [1.807, 2.05) is 0 Å². The van der Waals surface area contributed by atoms with Crippen LogP contribution in [-0.4, -0.2) is 11.4 Å². The molecular weight excluding hydrogens is 203 g/mol. The van der Waals surface area contributed by atoms with Crippen molar-refractivity contribution in [2.24, 2.45) is 0 Å². The molecule has 0 spiro atoms. The molecule has 14 heavy (non-hydrogen) atoms. The van der Waals surface area contributed by atoms with E-state index < -0.39 is 0 Å². The number of hydrogen-bond acceptors (Lipinski definition) is 3. The minimum Gasteiger partial charge on any atom is -0.391 e. The number of hydrogen-bond donors (Lipinski definition) is 1. The van der Waals surface area contributed by atoms with E-state index in [4.69, 9.17) is 5.11 Å². The topological polar surface area (TPSA) is 37.3 Å². The number of aliphatic hydroxyl groups is 1. The monoisotopic (exact) mass is 210 g/mol. The zero-order chi connectivity index (χ0) is 10.1. The summed E-state index contributed by atoms with van der Waals surface area (Å²) in [5.41, 5.74) is 0.465. The highest BCUT2D eigenvalue weighted by atomic mass is 32.1. The number of halogens is 1. The van der Waals surface area contributed by atoms with E-state index in [-0.39, 0.29) is 12.4 Å². The van der Waals surface area contributed by atoms with Gasteiger partial charge in [-0.2, -0.15) is 0 Å². The van der Waals surface area contributed by atoms with Crippen molar-refractivity contribution in [1.29, 1.82) is 0 Å². The van der Waals surface area contributed by atoms with Crippen molar-refractivity contribution >= 4 is 27.7 Å². The van der Waals surface area contributed by atoms with Crippen LogP contribution in [0.5, 0.6) is 0 Å². The first kappa shape index (κ1) is 9.30. The molecule has 1 N–H and O–H groups in total. The van der Waals surface area contributed by atoms with Crippen molar-refractivity contribution in [2.75, 3.05) is 0 Å². The van der Waals surface area contributed by atoms with Gasteiger partial charge in [0.25, 0.3) is 0 Å². The standard InChI is InChI=1S/C10H7FO2S/c11-6-1-2-7-8(4-12)10(5-13)14-9(7)3-6/h1-4,13H,5H2. The molecule has 4 heteroatoms. The summed E-state index contributed by atoms with van der Waals surface area (Å²) in [6.45, 7) is -0.185. The molecule has 0 aliphatic carbocycles. The van der Waals surface area contributed by atoms with Crippen LogP contribution < -0.4 is 0 Å². The Morgan fingerprint density at radius 2 is 2.29 bits per heavy atom. The number of aldehydes is 1. The van der Waals surface area contributed by atoms with Crippen molar-refractivity contribution in [1.82, 2.24) is 0 Å². The Kier molecular flexibility index (Phi) is 2.31. The van der Waals surface area contributed by atoms with Crippen LogP contribution in [0.25, 0.3) is 10.1 Å². The summed E-state index contributed by atoms with van der Waals surface area (Å²) in [6.07, 6.45) is 0.697. The Balaban J connectivity index is 2.79. The molecule has 0 amide bonds. The SMILES string of the molecule is O=Cc1c(CO)sc2cc(F)ccc12. The van der Waals surface area contributed by atoms with E-state index in [1.54, 1.807) is 6.07 Å². The maximum Gasteiger partial charge on any atom is 0.151 e. The third-order valence-corrected chi connectivity index (χ3v) is 3.18. The van der Waals surface area contributed by atoms with Gasteiger partial charge in [-0.3, -0.25) is 4.79 Å². The molecule has 0 radical (unpaired) electrons. The van der Waals surface area contributed by atoms with Crippen molar-refractivity contribution in [3.63, 3.8) is 0 Å². The summed E-state index contributed by atoms with van der Waals surface area (Å²) in [7, 11) is 0. The molecule has 0 fully saturated rings. The molecule has 1 heterocycles. The quantitative estimate of drug-likeness (QED) is 0.772. The Labute approximate surface area is 83.6 Å². The van der Waals surface area contributed by atoms with Gasteiger partial charge >= 0.3 is 0 Å². The molecule has 0 aliphatic rings. The number of aliphatic hydroxyl groups excluding tert-OH is 1. The molecule has 2 rings (SSSR count). The molecule has 1 aromatic heterocycles. The zero-order valence-electron chi connectivity index (χ0n) is 7.16. The van der Waals surface area contributed by atoms with E-state index in [2.05, 4.69) is 0 Å². The minimum absolute atomic E-state index is 0.185. The second kappa shape index (κ2) is 3.48. The molecule has 1 aromatic carbocycles. The Bertz CT molecular complexity index is 490. The van der Waals surface area contributed by atoms with Crippen LogP contribution >= 0.6 is 11.3 Å². The maximum absolute atomic E-state index is 12.8. The van der Waals surface area contributed by atoms with Gasteiger partial charge in [-0.25, -0.2) is 4.39 Å². The average molecular weight is 210 g/mol. The number of thiophene rings is 1. The van der Waals surface area contributed by atoms with Gasteiger partial charge in [0.05, 0.1) is 6.61 Å². The highest BCUT2D eigenvalue weighted by Crippen LogP contribution is 2.30. The highest BCUT2D eigenvalue weighted by Gasteiger charge is 2.10. The van der Waals surface area contributed by atoms with Crippen LogP contribution in [0.4, 0.5) is 4.39 Å². The van der Waals surface area contributed by atoms with Gasteiger partial charge in [-0.15, -0.1) is 11.3 Å². The van der Waals surface area contributed by atoms with Crippen LogP contribution in [0.15, 0.2) is 18.2 Å². The Hall–Kier alpha value is -1.26. The summed E-state index contributed by atoms with van der Waals surface area (Å²) >= 11 is 1.24. The normalized spacial score (nSPS) is 10.7. The van der Waals surface area contributed by atoms with Crippen LogP contribution in [-0.2, 0) is 6.61 Å². The lowest BCUT2D eigenvalue weighted by Gasteiger charge is -1.91. The molecule has 72 valence electrons. The molecule has 2 nitrogen and oxygen atoms in total. The Morgan fingerprint density at radius 1 is 1.50 bits per heavy atom. The molecule has 0 atom stereocenters. The zero-order valence-corrected chi connectivity index (χ0v) is 7.97. The molecule has 0 aliphatic heterocycles. The lowest BCUT2D eigenvalue weighted by atomic mass is 10.1. The largest absolute Gasteiger partial charge is 0.391 e. The second-order valence-corrected chi connectivity index (χ2v) is 3.99. The molecule has 0 bridgehead atoms. The predicted molar refractivity (Wildman–Crippen MR) is 53.1 cm³/mol. The second-order valence-electron chi connectivity index (χ2n) is 2.86. The van der Waals surface area contributed by atoms with Gasteiger partial charge in [-0.05, 0) is 18.2 Å². The summed E-state index contributed by atoms with van der Waals surface area (Å²) in [4.78, 5) is 11.3. The van der Waals surface area contributed by atoms with Gasteiger partial charge in [0.2, 0.25) is 0 Å². The Morgan fingerprint density at radius 3 is 2.93 bits per heavy atom. The number of fused-ring (bicyclic) bond motifs is 1. The van der Waals surface area contributed by atoms with Gasteiger partial charge in [0.15, 0.2) is 6.29 Å². The third kappa shape index (κ3) is 1.32. The predicted octanol–water partition coefficient (Wildman–Crippen LogP) is 2.35. The lowest BCUT2D eigenvalue weighted by molar-refractivity contribution is 0.112. The van der Waals surface area contributed by atoms with Gasteiger partial charge in [0.1, 0.15) is 5.82 Å². The van der Waals surface area contributed by atoms with Gasteiger partial charge < -0.3 is 5.11 Å². The number of carbonyl (C=O) groups is 1. The number of carbonyl (C=O) groups excluding carboxylic acids is 1. The first-order chi connectivity index (χ1) is 6.76. The maximum atomic E-state index is 12.8. The average Bonchev–Trinajstić information content (AvgIpc) is 2.54. The molecule has 0 saturated heterocycles. The lowest BCUT2D eigenvalue weighted by Crippen LogP contribution is -1.84. The fourth-order valence-corrected chi connectivity index (χ4v) is 2.45. The van der Waals surface area contributed by atoms with E-state index in [9.17, 15) is 9.18 Å². The fourth-order valence-electron chi connectivity index (χ4n) is 1.39. The van der Waals surface area contributed by atoms with Crippen LogP contribution in [0, 0.1) is 5.82 Å². The third-order valence-electron chi connectivity index (χ3n) is 2.03. The van der Waals surface area contributed by atoms with E-state index >= 15 is 0 Å². The van der Waals surface area contributed by atoms with Crippen LogP contribution in [0.3, 0.4) is 0 Å². The van der Waals surface area contributed by atoms with Crippen molar-refractivity contribution in [3.05, 3.63) is 34.5 Å². The molecular formula is C10H7FO2S. The molecule has 0 unspecified atom stereocenters. The van der Waals surface area contributed by atoms with Crippen molar-refractivity contribution in [2.45, 2.75) is 6.61 Å². The summed E-state index contributed by atoms with van der Waals surface area (Å²) < 4.78 is 13.5. The summed E-state index contributed by atoms with van der Waals surface area (Å²) in [5, 5.41) is 9.68. The van der Waals surface area contributed by atoms with Crippen LogP contribution in [0.2, 0.25) is 0 Å². The van der Waals surface area contributed by atoms with Gasteiger partial charge in [-0.1, -0.05) is 0 Å². The molecule has 2 aromatic rings. The first-order valence-corrected chi connectivity index (χ1v) is 4.85. The number of rotatable bonds is 2. The number of benzene rings is 1. The molecule has 0 saturated carbocycles. The highest BCUT2D eigenvalue weighted by molar-refractivity contribution is 7.19. The fraction of sp³-hybridized carbons (Fsp3) is 0.100. The van der Waals surface area contributed by atoms with Crippen LogP contribution in [0.1, 0.15) is 15.2 Å². The minimum atomic E-state index is -0.333. The first-order valence-electron chi connectivity index (χ1n) is 4.03. The van der Waals surface area contributed by atoms with E-state index in [0.717, 1.165) is 0 Å². The van der Waals surface area contributed by atoms with E-state index in [0.29, 0.717) is 26.8 Å². The van der Waals surface area contributed by atoms with Gasteiger partial charge in [0, 0.05) is 20.5 Å². The van der Waals surface area contributed by atoms with Crippen molar-refractivity contribution < 1.29 is 14.3 Å². The smallest absolute Gasteiger partial charge is 0.151 e. The summed E-state index contributed by atoms with van der Waals surface area (Å²) in [6, 6.07) is 4.24.